The van der Waals surface area contributed by atoms with Crippen molar-refractivity contribution in [1.82, 2.24) is 9.88 Å². The summed E-state index contributed by atoms with van der Waals surface area (Å²) < 4.78 is 2.03. The Labute approximate surface area is 157 Å². The molecule has 134 valence electrons. The van der Waals surface area contributed by atoms with Crippen LogP contribution in [-0.4, -0.2) is 20.6 Å². The molecule has 2 aromatic carbocycles. The van der Waals surface area contributed by atoms with Gasteiger partial charge in [0.2, 0.25) is 0 Å². The number of non-ortho nitro benzene ring substituents is 1. The second-order valence-electron chi connectivity index (χ2n) is 6.00. The largest absolute Gasteiger partial charge is 0.343 e. The number of thioether (sulfide) groups is 1. The van der Waals surface area contributed by atoms with Crippen molar-refractivity contribution in [3.8, 4) is 0 Å². The highest BCUT2D eigenvalue weighted by atomic mass is 32.2. The number of amides is 2. The highest BCUT2D eigenvalue weighted by Gasteiger charge is 2.25. The van der Waals surface area contributed by atoms with Crippen LogP contribution in [0.15, 0.2) is 59.6 Å². The van der Waals surface area contributed by atoms with Crippen molar-refractivity contribution >= 4 is 45.6 Å². The third-order valence-corrected chi connectivity index (χ3v) is 5.09. The van der Waals surface area contributed by atoms with Crippen molar-refractivity contribution < 1.29 is 14.5 Å². The average molecular weight is 379 g/mol. The lowest BCUT2D eigenvalue weighted by molar-refractivity contribution is -0.384. The van der Waals surface area contributed by atoms with Gasteiger partial charge in [0.05, 0.1) is 9.83 Å². The molecule has 1 aliphatic rings. The fourth-order valence-corrected chi connectivity index (χ4v) is 3.67. The van der Waals surface area contributed by atoms with Crippen LogP contribution >= 0.6 is 11.8 Å². The number of nitro benzene ring substituents is 1. The Morgan fingerprint density at radius 1 is 1.11 bits per heavy atom. The van der Waals surface area contributed by atoms with Crippen molar-refractivity contribution in [2.45, 2.75) is 6.54 Å². The predicted octanol–water partition coefficient (Wildman–Crippen LogP) is 3.92. The standard InChI is InChI=1S/C19H13N3O4S/c23-18-17(27-19(24)20-18)10-13-2-1-3-16-15(13)8-9-21(16)11-12-4-6-14(7-5-12)22(25)26/h1-10H,11H2,(H,20,23,24)/b17-10-. The molecule has 7 nitrogen and oxygen atoms in total. The van der Waals surface area contributed by atoms with E-state index < -0.39 is 4.92 Å². The zero-order chi connectivity index (χ0) is 19.0. The van der Waals surface area contributed by atoms with Gasteiger partial charge in [0.25, 0.3) is 16.8 Å². The third-order valence-electron chi connectivity index (χ3n) is 4.28. The summed E-state index contributed by atoms with van der Waals surface area (Å²) in [5.41, 5.74) is 2.82. The molecule has 0 aliphatic carbocycles. The Balaban J connectivity index is 1.66. The van der Waals surface area contributed by atoms with Crippen LogP contribution in [0.25, 0.3) is 17.0 Å². The zero-order valence-electron chi connectivity index (χ0n) is 13.9. The number of fused-ring (bicyclic) bond motifs is 1. The number of nitro groups is 1. The topological polar surface area (TPSA) is 94.2 Å². The number of aromatic nitrogens is 1. The SMILES string of the molecule is O=C1NC(=O)/C(=C/c2cccc3c2ccn3Cc2ccc([N+](=O)[O-])cc2)S1. The van der Waals surface area contributed by atoms with E-state index >= 15 is 0 Å². The minimum Gasteiger partial charge on any atom is -0.343 e. The summed E-state index contributed by atoms with van der Waals surface area (Å²) >= 11 is 0.890. The molecule has 0 bridgehead atoms. The van der Waals surface area contributed by atoms with Crippen LogP contribution in [-0.2, 0) is 11.3 Å². The van der Waals surface area contributed by atoms with E-state index in [1.54, 1.807) is 18.2 Å². The monoisotopic (exact) mass is 379 g/mol. The summed E-state index contributed by atoms with van der Waals surface area (Å²) in [5.74, 6) is -0.382. The van der Waals surface area contributed by atoms with Gasteiger partial charge in [-0.25, -0.2) is 0 Å². The van der Waals surface area contributed by atoms with E-state index in [4.69, 9.17) is 0 Å². The summed E-state index contributed by atoms with van der Waals surface area (Å²) in [6.07, 6.45) is 3.64. The molecule has 0 spiro atoms. The van der Waals surface area contributed by atoms with Gasteiger partial charge >= 0.3 is 0 Å². The Bertz CT molecular complexity index is 1120. The normalized spacial score (nSPS) is 15.5. The predicted molar refractivity (Wildman–Crippen MR) is 103 cm³/mol. The van der Waals surface area contributed by atoms with Gasteiger partial charge in [0.15, 0.2) is 0 Å². The lowest BCUT2D eigenvalue weighted by Gasteiger charge is -2.06. The van der Waals surface area contributed by atoms with Crippen LogP contribution in [0.3, 0.4) is 0 Å². The number of imide groups is 1. The average Bonchev–Trinajstić information content (AvgIpc) is 3.19. The lowest BCUT2D eigenvalue weighted by Crippen LogP contribution is -2.17. The first-order chi connectivity index (χ1) is 13.0. The Hall–Kier alpha value is -3.39. The van der Waals surface area contributed by atoms with Crippen LogP contribution in [0.2, 0.25) is 0 Å². The number of hydrogen-bond donors (Lipinski definition) is 1. The van der Waals surface area contributed by atoms with Crippen LogP contribution in [0.1, 0.15) is 11.1 Å². The van der Waals surface area contributed by atoms with E-state index in [9.17, 15) is 19.7 Å². The minimum atomic E-state index is -0.420. The molecule has 2 heterocycles. The van der Waals surface area contributed by atoms with E-state index in [0.29, 0.717) is 11.4 Å². The maximum atomic E-state index is 11.8. The van der Waals surface area contributed by atoms with Gasteiger partial charge in [0, 0.05) is 35.8 Å². The molecule has 4 rings (SSSR count). The van der Waals surface area contributed by atoms with Crippen molar-refractivity contribution in [2.75, 3.05) is 0 Å². The molecule has 1 aromatic heterocycles. The number of nitrogens with one attached hydrogen (secondary N) is 1. The van der Waals surface area contributed by atoms with E-state index in [1.165, 1.54) is 12.1 Å². The molecule has 0 radical (unpaired) electrons. The second-order valence-corrected chi connectivity index (χ2v) is 7.01. The first-order valence-electron chi connectivity index (χ1n) is 8.07. The molecular formula is C19H13N3O4S. The molecule has 3 aromatic rings. The van der Waals surface area contributed by atoms with Crippen molar-refractivity contribution in [3.63, 3.8) is 0 Å². The van der Waals surface area contributed by atoms with Gasteiger partial charge in [-0.1, -0.05) is 24.3 Å². The van der Waals surface area contributed by atoms with E-state index in [2.05, 4.69) is 5.32 Å². The van der Waals surface area contributed by atoms with E-state index in [0.717, 1.165) is 33.8 Å². The van der Waals surface area contributed by atoms with Crippen molar-refractivity contribution in [2.24, 2.45) is 0 Å². The molecule has 8 heteroatoms. The number of nitrogens with zero attached hydrogens (tertiary/aromatic N) is 2. The van der Waals surface area contributed by atoms with Crippen LogP contribution in [0, 0.1) is 10.1 Å². The first-order valence-corrected chi connectivity index (χ1v) is 8.89. The molecule has 1 fully saturated rings. The summed E-state index contributed by atoms with van der Waals surface area (Å²) in [5, 5.41) is 13.6. The first kappa shape index (κ1) is 17.0. The zero-order valence-corrected chi connectivity index (χ0v) is 14.7. The molecule has 0 saturated carbocycles. The fraction of sp³-hybridized carbons (Fsp3) is 0.0526. The summed E-state index contributed by atoms with van der Waals surface area (Å²) in [4.78, 5) is 33.8. The maximum absolute atomic E-state index is 11.8. The molecular weight excluding hydrogens is 366 g/mol. The Morgan fingerprint density at radius 3 is 2.56 bits per heavy atom. The summed E-state index contributed by atoms with van der Waals surface area (Å²) in [6.45, 7) is 0.565. The van der Waals surface area contributed by atoms with Gasteiger partial charge in [0.1, 0.15) is 0 Å². The highest BCUT2D eigenvalue weighted by Crippen LogP contribution is 2.29. The smallest absolute Gasteiger partial charge is 0.290 e. The van der Waals surface area contributed by atoms with E-state index in [1.807, 2.05) is 35.0 Å². The number of carbonyl (C=O) groups is 2. The maximum Gasteiger partial charge on any atom is 0.290 e. The molecule has 2 amide bonds. The van der Waals surface area contributed by atoms with Crippen LogP contribution < -0.4 is 5.32 Å². The van der Waals surface area contributed by atoms with Crippen molar-refractivity contribution in [1.29, 1.82) is 0 Å². The molecule has 0 atom stereocenters. The number of rotatable bonds is 4. The lowest BCUT2D eigenvalue weighted by atomic mass is 10.1. The van der Waals surface area contributed by atoms with Gasteiger partial charge in [-0.05, 0) is 41.1 Å². The van der Waals surface area contributed by atoms with Gasteiger partial charge in [-0.15, -0.1) is 0 Å². The van der Waals surface area contributed by atoms with Crippen LogP contribution in [0.5, 0.6) is 0 Å². The number of hydrogen-bond acceptors (Lipinski definition) is 5. The minimum absolute atomic E-state index is 0.0620. The van der Waals surface area contributed by atoms with Gasteiger partial charge in [-0.2, -0.15) is 0 Å². The van der Waals surface area contributed by atoms with Gasteiger partial charge in [-0.3, -0.25) is 25.0 Å². The molecule has 1 N–H and O–H groups in total. The molecule has 0 unspecified atom stereocenters. The number of carbonyl (C=O) groups excluding carboxylic acids is 2. The fourth-order valence-electron chi connectivity index (χ4n) is 2.99. The third kappa shape index (κ3) is 3.34. The molecule has 27 heavy (non-hydrogen) atoms. The summed E-state index contributed by atoms with van der Waals surface area (Å²) in [7, 11) is 0. The molecule has 1 aliphatic heterocycles. The Morgan fingerprint density at radius 2 is 1.89 bits per heavy atom. The van der Waals surface area contributed by atoms with Crippen LogP contribution in [0.4, 0.5) is 10.5 Å². The van der Waals surface area contributed by atoms with E-state index in [-0.39, 0.29) is 16.8 Å². The quantitative estimate of drug-likeness (QED) is 0.421. The Kier molecular flexibility index (Phi) is 4.25. The second kappa shape index (κ2) is 6.73. The summed E-state index contributed by atoms with van der Waals surface area (Å²) in [6, 6.07) is 14.2. The van der Waals surface area contributed by atoms with Gasteiger partial charge < -0.3 is 4.57 Å². The highest BCUT2D eigenvalue weighted by molar-refractivity contribution is 8.18. The number of benzene rings is 2. The molecule has 1 saturated heterocycles. The van der Waals surface area contributed by atoms with Crippen molar-refractivity contribution in [3.05, 3.63) is 80.9 Å².